The van der Waals surface area contributed by atoms with E-state index in [9.17, 15) is 4.79 Å². The van der Waals surface area contributed by atoms with Crippen molar-refractivity contribution < 1.29 is 0 Å². The molecule has 0 unspecified atom stereocenters. The van der Waals surface area contributed by atoms with E-state index in [0.717, 1.165) is 24.4 Å². The highest BCUT2D eigenvalue weighted by molar-refractivity contribution is 7.98. The van der Waals surface area contributed by atoms with Crippen LogP contribution >= 0.6 is 23.4 Å². The number of anilines is 1. The van der Waals surface area contributed by atoms with E-state index in [1.165, 1.54) is 11.8 Å². The van der Waals surface area contributed by atoms with Crippen molar-refractivity contribution in [1.29, 1.82) is 0 Å². The third kappa shape index (κ3) is 2.69. The molecule has 2 aromatic rings. The maximum absolute atomic E-state index is 11.7. The number of pyridine rings is 1. The molecule has 1 aliphatic carbocycles. The Morgan fingerprint density at radius 1 is 1.55 bits per heavy atom. The molecule has 0 radical (unpaired) electrons. The maximum atomic E-state index is 11.7. The summed E-state index contributed by atoms with van der Waals surface area (Å²) >= 11 is 7.61. The van der Waals surface area contributed by atoms with Gasteiger partial charge in [0.2, 0.25) is 0 Å². The van der Waals surface area contributed by atoms with Crippen molar-refractivity contribution in [3.8, 4) is 0 Å². The Hall–Kier alpha value is -1.47. The van der Waals surface area contributed by atoms with Crippen LogP contribution in [-0.4, -0.2) is 26.8 Å². The SMILES string of the molecule is CNc1ccc(Cl)c(CSc2n[nH]c(=O)n2C2CC2)n1. The average Bonchev–Trinajstić information content (AvgIpc) is 3.22. The number of nitrogens with zero attached hydrogens (tertiary/aromatic N) is 3. The number of aromatic amines is 1. The zero-order valence-corrected chi connectivity index (χ0v) is 12.5. The Kier molecular flexibility index (Phi) is 3.71. The molecule has 0 saturated heterocycles. The normalized spacial score (nSPS) is 14.5. The lowest BCUT2D eigenvalue weighted by molar-refractivity contribution is 0.642. The van der Waals surface area contributed by atoms with E-state index in [1.54, 1.807) is 4.57 Å². The predicted molar refractivity (Wildman–Crippen MR) is 79.5 cm³/mol. The van der Waals surface area contributed by atoms with Crippen LogP contribution in [0.3, 0.4) is 0 Å². The van der Waals surface area contributed by atoms with Crippen molar-refractivity contribution in [3.63, 3.8) is 0 Å². The molecular weight excluding hydrogens is 298 g/mol. The minimum absolute atomic E-state index is 0.141. The van der Waals surface area contributed by atoms with Gasteiger partial charge >= 0.3 is 5.69 Å². The number of nitrogens with one attached hydrogen (secondary N) is 2. The minimum Gasteiger partial charge on any atom is -0.373 e. The van der Waals surface area contributed by atoms with Crippen molar-refractivity contribution in [2.45, 2.75) is 29.8 Å². The molecule has 20 heavy (non-hydrogen) atoms. The molecule has 6 nitrogen and oxygen atoms in total. The predicted octanol–water partition coefficient (Wildman–Crippen LogP) is 2.29. The Bertz CT molecular complexity index is 679. The fourth-order valence-electron chi connectivity index (χ4n) is 1.90. The van der Waals surface area contributed by atoms with Crippen molar-refractivity contribution in [2.24, 2.45) is 0 Å². The van der Waals surface area contributed by atoms with Crippen LogP contribution in [0, 0.1) is 0 Å². The van der Waals surface area contributed by atoms with E-state index in [4.69, 9.17) is 11.6 Å². The van der Waals surface area contributed by atoms with Gasteiger partial charge in [-0.15, -0.1) is 5.10 Å². The Morgan fingerprint density at radius 3 is 3.05 bits per heavy atom. The molecule has 0 bridgehead atoms. The van der Waals surface area contributed by atoms with Gasteiger partial charge in [-0.05, 0) is 25.0 Å². The summed E-state index contributed by atoms with van der Waals surface area (Å²) in [5, 5.41) is 10.9. The van der Waals surface area contributed by atoms with Gasteiger partial charge in [0.25, 0.3) is 0 Å². The quantitative estimate of drug-likeness (QED) is 0.829. The Labute approximate surface area is 124 Å². The standard InChI is InChI=1S/C12H14ClN5OS/c1-14-10-5-4-8(13)9(15-10)6-20-12-17-16-11(19)18(12)7-2-3-7/h4-5,7H,2-3,6H2,1H3,(H,14,15)(H,16,19). The summed E-state index contributed by atoms with van der Waals surface area (Å²) in [6.07, 6.45) is 2.09. The average molecular weight is 312 g/mol. The second-order valence-corrected chi connectivity index (χ2v) is 5.93. The van der Waals surface area contributed by atoms with Gasteiger partial charge < -0.3 is 5.32 Å². The largest absolute Gasteiger partial charge is 0.373 e. The lowest BCUT2D eigenvalue weighted by Crippen LogP contribution is -2.16. The van der Waals surface area contributed by atoms with Gasteiger partial charge in [-0.3, -0.25) is 4.57 Å². The molecule has 3 rings (SSSR count). The summed E-state index contributed by atoms with van der Waals surface area (Å²) in [6.45, 7) is 0. The van der Waals surface area contributed by atoms with Gasteiger partial charge in [0.1, 0.15) is 5.82 Å². The molecule has 106 valence electrons. The van der Waals surface area contributed by atoms with Crippen molar-refractivity contribution in [1.82, 2.24) is 19.7 Å². The van der Waals surface area contributed by atoms with E-state index in [-0.39, 0.29) is 5.69 Å². The van der Waals surface area contributed by atoms with Gasteiger partial charge in [0.05, 0.1) is 10.7 Å². The van der Waals surface area contributed by atoms with Crippen molar-refractivity contribution >= 4 is 29.2 Å². The number of H-pyrrole nitrogens is 1. The van der Waals surface area contributed by atoms with E-state index < -0.39 is 0 Å². The second kappa shape index (κ2) is 5.49. The summed E-state index contributed by atoms with van der Waals surface area (Å²) < 4.78 is 1.72. The van der Waals surface area contributed by atoms with Crippen molar-refractivity contribution in [2.75, 3.05) is 12.4 Å². The molecule has 0 amide bonds. The van der Waals surface area contributed by atoms with Crippen LogP contribution in [0.1, 0.15) is 24.6 Å². The Balaban J connectivity index is 1.78. The molecule has 1 fully saturated rings. The molecule has 0 spiro atoms. The zero-order valence-electron chi connectivity index (χ0n) is 10.9. The van der Waals surface area contributed by atoms with Gasteiger partial charge in [-0.2, -0.15) is 0 Å². The molecule has 0 atom stereocenters. The number of halogens is 1. The van der Waals surface area contributed by atoms with E-state index in [2.05, 4.69) is 20.5 Å². The van der Waals surface area contributed by atoms with Crippen LogP contribution in [0.2, 0.25) is 5.02 Å². The van der Waals surface area contributed by atoms with Gasteiger partial charge in [-0.25, -0.2) is 14.9 Å². The highest BCUT2D eigenvalue weighted by Crippen LogP contribution is 2.36. The van der Waals surface area contributed by atoms with Crippen molar-refractivity contribution in [3.05, 3.63) is 33.3 Å². The first-order valence-corrected chi connectivity index (χ1v) is 7.68. The fraction of sp³-hybridized carbons (Fsp3) is 0.417. The third-order valence-electron chi connectivity index (χ3n) is 3.10. The highest BCUT2D eigenvalue weighted by Gasteiger charge is 2.28. The fourth-order valence-corrected chi connectivity index (χ4v) is 3.12. The summed E-state index contributed by atoms with van der Waals surface area (Å²) in [6, 6.07) is 3.94. The Morgan fingerprint density at radius 2 is 2.35 bits per heavy atom. The first-order valence-electron chi connectivity index (χ1n) is 6.32. The van der Waals surface area contributed by atoms with Crippen LogP contribution in [0.5, 0.6) is 0 Å². The lowest BCUT2D eigenvalue weighted by Gasteiger charge is -2.06. The van der Waals surface area contributed by atoms with Crippen LogP contribution in [-0.2, 0) is 5.75 Å². The summed E-state index contributed by atoms with van der Waals surface area (Å²) in [5.74, 6) is 1.34. The van der Waals surface area contributed by atoms with Gasteiger partial charge in [0, 0.05) is 18.8 Å². The van der Waals surface area contributed by atoms with Crippen LogP contribution in [0.4, 0.5) is 5.82 Å². The summed E-state index contributed by atoms with van der Waals surface area (Å²) in [4.78, 5) is 16.1. The van der Waals surface area contributed by atoms with Crippen LogP contribution < -0.4 is 11.0 Å². The molecule has 0 aromatic carbocycles. The van der Waals surface area contributed by atoms with Gasteiger partial charge in [-0.1, -0.05) is 23.4 Å². The number of hydrogen-bond donors (Lipinski definition) is 2. The van der Waals surface area contributed by atoms with E-state index in [0.29, 0.717) is 22.0 Å². The van der Waals surface area contributed by atoms with E-state index >= 15 is 0 Å². The molecule has 1 aliphatic rings. The zero-order chi connectivity index (χ0) is 14.1. The first-order chi connectivity index (χ1) is 9.69. The third-order valence-corrected chi connectivity index (χ3v) is 4.40. The summed E-state index contributed by atoms with van der Waals surface area (Å²) in [5.41, 5.74) is 0.638. The highest BCUT2D eigenvalue weighted by atomic mass is 35.5. The molecule has 8 heteroatoms. The molecular formula is C12H14ClN5OS. The smallest absolute Gasteiger partial charge is 0.344 e. The second-order valence-electron chi connectivity index (χ2n) is 4.58. The number of rotatable bonds is 5. The topological polar surface area (TPSA) is 75.6 Å². The number of hydrogen-bond acceptors (Lipinski definition) is 5. The molecule has 1 saturated carbocycles. The minimum atomic E-state index is -0.141. The molecule has 2 N–H and O–H groups in total. The molecule has 2 aromatic heterocycles. The lowest BCUT2D eigenvalue weighted by atomic mass is 10.3. The van der Waals surface area contributed by atoms with Gasteiger partial charge in [0.15, 0.2) is 5.16 Å². The number of thioether (sulfide) groups is 1. The molecule has 2 heterocycles. The first kappa shape index (κ1) is 13.5. The monoisotopic (exact) mass is 311 g/mol. The number of aromatic nitrogens is 4. The van der Waals surface area contributed by atoms with Crippen LogP contribution in [0.25, 0.3) is 0 Å². The maximum Gasteiger partial charge on any atom is 0.344 e. The molecule has 0 aliphatic heterocycles. The van der Waals surface area contributed by atoms with E-state index in [1.807, 2.05) is 19.2 Å². The summed E-state index contributed by atoms with van der Waals surface area (Å²) in [7, 11) is 1.81. The van der Waals surface area contributed by atoms with Crippen LogP contribution in [0.15, 0.2) is 22.1 Å².